The van der Waals surface area contributed by atoms with Gasteiger partial charge in [0.15, 0.2) is 0 Å². The summed E-state index contributed by atoms with van der Waals surface area (Å²) in [7, 11) is 0. The zero-order valence-electron chi connectivity index (χ0n) is 15.0. The fourth-order valence-electron chi connectivity index (χ4n) is 3.08. The molecule has 3 amide bonds. The molecule has 2 aromatic rings. The highest BCUT2D eigenvalue weighted by Crippen LogP contribution is 2.36. The van der Waals surface area contributed by atoms with Crippen molar-refractivity contribution in [3.63, 3.8) is 0 Å². The molecule has 1 heterocycles. The van der Waals surface area contributed by atoms with Gasteiger partial charge < -0.3 is 15.5 Å². The Morgan fingerprint density at radius 3 is 2.41 bits per heavy atom. The molecule has 27 heavy (non-hydrogen) atoms. The number of nitrogens with zero attached hydrogens (tertiary/aromatic N) is 1. The van der Waals surface area contributed by atoms with Gasteiger partial charge in [-0.15, -0.1) is 0 Å². The summed E-state index contributed by atoms with van der Waals surface area (Å²) in [6.45, 7) is 3.99. The van der Waals surface area contributed by atoms with Gasteiger partial charge in [0, 0.05) is 28.9 Å². The number of carbonyl (C=O) groups is 3. The maximum absolute atomic E-state index is 12.7. The molecule has 0 unspecified atom stereocenters. The normalized spacial score (nSPS) is 15.6. The predicted octanol–water partition coefficient (Wildman–Crippen LogP) is 2.57. The molecule has 140 valence electrons. The van der Waals surface area contributed by atoms with Crippen LogP contribution in [-0.4, -0.2) is 23.8 Å². The Morgan fingerprint density at radius 2 is 1.74 bits per heavy atom. The lowest BCUT2D eigenvalue weighted by Gasteiger charge is -2.22. The van der Waals surface area contributed by atoms with Crippen LogP contribution in [0.1, 0.15) is 31.0 Å². The topological polar surface area (TPSA) is 78.5 Å². The fraction of sp³-hybridized carbons (Fsp3) is 0.250. The van der Waals surface area contributed by atoms with Crippen molar-refractivity contribution in [1.82, 2.24) is 10.6 Å². The molecule has 0 saturated carbocycles. The van der Waals surface area contributed by atoms with Crippen LogP contribution in [0, 0.1) is 0 Å². The van der Waals surface area contributed by atoms with Gasteiger partial charge in [0.05, 0.1) is 0 Å². The van der Waals surface area contributed by atoms with E-state index in [-0.39, 0.29) is 18.5 Å². The summed E-state index contributed by atoms with van der Waals surface area (Å²) in [5.74, 6) is -1.88. The van der Waals surface area contributed by atoms with Crippen molar-refractivity contribution in [1.29, 1.82) is 0 Å². The highest BCUT2D eigenvalue weighted by molar-refractivity contribution is 6.35. The Balaban J connectivity index is 1.67. The van der Waals surface area contributed by atoms with Gasteiger partial charge in [-0.05, 0) is 37.6 Å². The van der Waals surface area contributed by atoms with E-state index in [4.69, 9.17) is 11.6 Å². The third kappa shape index (κ3) is 3.95. The number of halogens is 1. The highest BCUT2D eigenvalue weighted by Gasteiger charge is 2.39. The van der Waals surface area contributed by atoms with Crippen molar-refractivity contribution in [3.8, 4) is 0 Å². The lowest BCUT2D eigenvalue weighted by Crippen LogP contribution is -2.45. The summed E-state index contributed by atoms with van der Waals surface area (Å²) in [5, 5.41) is 5.69. The van der Waals surface area contributed by atoms with Gasteiger partial charge >= 0.3 is 11.8 Å². The van der Waals surface area contributed by atoms with Crippen LogP contribution in [0.3, 0.4) is 0 Å². The molecule has 0 bridgehead atoms. The van der Waals surface area contributed by atoms with E-state index in [0.29, 0.717) is 10.6 Å². The van der Waals surface area contributed by atoms with Crippen LogP contribution in [0.25, 0.3) is 0 Å². The number of hydrogen-bond acceptors (Lipinski definition) is 3. The van der Waals surface area contributed by atoms with Gasteiger partial charge in [-0.3, -0.25) is 14.4 Å². The van der Waals surface area contributed by atoms with E-state index < -0.39 is 17.9 Å². The first-order chi connectivity index (χ1) is 12.9. The fourth-order valence-corrected chi connectivity index (χ4v) is 3.20. The van der Waals surface area contributed by atoms with Crippen LogP contribution in [0.2, 0.25) is 5.02 Å². The van der Waals surface area contributed by atoms with E-state index in [1.807, 2.05) is 26.0 Å². The van der Waals surface area contributed by atoms with Crippen LogP contribution in [-0.2, 0) is 20.9 Å². The Morgan fingerprint density at radius 1 is 1.07 bits per heavy atom. The van der Waals surface area contributed by atoms with E-state index in [1.165, 1.54) is 0 Å². The van der Waals surface area contributed by atoms with Gasteiger partial charge in [-0.25, -0.2) is 0 Å². The highest BCUT2D eigenvalue weighted by atomic mass is 35.5. The van der Waals surface area contributed by atoms with Crippen LogP contribution in [0.5, 0.6) is 0 Å². The number of nitrogens with one attached hydrogen (secondary N) is 2. The first kappa shape index (κ1) is 18.9. The van der Waals surface area contributed by atoms with Crippen molar-refractivity contribution in [2.75, 3.05) is 4.90 Å². The second-order valence-electron chi connectivity index (χ2n) is 6.58. The van der Waals surface area contributed by atoms with Gasteiger partial charge in [0.2, 0.25) is 0 Å². The average Bonchev–Trinajstić information content (AvgIpc) is 2.93. The number of rotatable bonds is 4. The monoisotopic (exact) mass is 385 g/mol. The largest absolute Gasteiger partial charge is 0.344 e. The lowest BCUT2D eigenvalue weighted by molar-refractivity contribution is -0.140. The lowest BCUT2D eigenvalue weighted by atomic mass is 10.1. The standard InChI is InChI=1S/C20H20ClN3O3/c1-12(2)24-16-6-4-3-5-15(16)17(20(24)27)23-19(26)18(25)22-11-13-7-9-14(21)10-8-13/h3-10,12,17H,11H2,1-2H3,(H,22,25)(H,23,26)/t17-/m0/s1. The minimum atomic E-state index is -0.864. The number of benzene rings is 2. The zero-order valence-corrected chi connectivity index (χ0v) is 15.8. The minimum absolute atomic E-state index is 0.0562. The van der Waals surface area contributed by atoms with Crippen molar-refractivity contribution in [3.05, 3.63) is 64.7 Å². The molecule has 0 radical (unpaired) electrons. The molecule has 3 rings (SSSR count). The van der Waals surface area contributed by atoms with E-state index in [2.05, 4.69) is 10.6 Å². The molecule has 0 aliphatic carbocycles. The number of anilines is 1. The number of carbonyl (C=O) groups excluding carboxylic acids is 3. The van der Waals surface area contributed by atoms with Gasteiger partial charge in [0.1, 0.15) is 6.04 Å². The first-order valence-corrected chi connectivity index (χ1v) is 9.01. The number of hydrogen-bond donors (Lipinski definition) is 2. The molecule has 0 aromatic heterocycles. The maximum atomic E-state index is 12.7. The molecule has 6 nitrogen and oxygen atoms in total. The molecule has 1 aliphatic heterocycles. The quantitative estimate of drug-likeness (QED) is 0.794. The molecule has 0 spiro atoms. The molecule has 1 atom stereocenters. The predicted molar refractivity (Wildman–Crippen MR) is 103 cm³/mol. The molecule has 7 heteroatoms. The number of fused-ring (bicyclic) bond motifs is 1. The van der Waals surface area contributed by atoms with Gasteiger partial charge in [-0.2, -0.15) is 0 Å². The van der Waals surface area contributed by atoms with Gasteiger partial charge in [0.25, 0.3) is 5.91 Å². The van der Waals surface area contributed by atoms with Crippen molar-refractivity contribution < 1.29 is 14.4 Å². The van der Waals surface area contributed by atoms with Crippen LogP contribution < -0.4 is 15.5 Å². The average molecular weight is 386 g/mol. The smallest absolute Gasteiger partial charge is 0.310 e. The Bertz CT molecular complexity index is 880. The third-order valence-electron chi connectivity index (χ3n) is 4.36. The van der Waals surface area contributed by atoms with Crippen molar-refractivity contribution in [2.45, 2.75) is 32.5 Å². The summed E-state index contributed by atoms with van der Waals surface area (Å²) in [5.41, 5.74) is 2.26. The summed E-state index contributed by atoms with van der Waals surface area (Å²) in [6, 6.07) is 13.3. The Labute approximate surface area is 162 Å². The molecular formula is C20H20ClN3O3. The van der Waals surface area contributed by atoms with Crippen LogP contribution in [0.15, 0.2) is 48.5 Å². The molecule has 0 fully saturated rings. The van der Waals surface area contributed by atoms with Crippen molar-refractivity contribution in [2.24, 2.45) is 0 Å². The van der Waals surface area contributed by atoms with Crippen molar-refractivity contribution >= 4 is 35.0 Å². The van der Waals surface area contributed by atoms with Crippen LogP contribution >= 0.6 is 11.6 Å². The third-order valence-corrected chi connectivity index (χ3v) is 4.61. The Hall–Kier alpha value is -2.86. The second-order valence-corrected chi connectivity index (χ2v) is 7.01. The zero-order chi connectivity index (χ0) is 19.6. The summed E-state index contributed by atoms with van der Waals surface area (Å²) < 4.78 is 0. The maximum Gasteiger partial charge on any atom is 0.310 e. The van der Waals surface area contributed by atoms with E-state index in [9.17, 15) is 14.4 Å². The molecule has 2 N–H and O–H groups in total. The van der Waals surface area contributed by atoms with E-state index in [1.54, 1.807) is 41.3 Å². The van der Waals surface area contributed by atoms with E-state index in [0.717, 1.165) is 11.3 Å². The van der Waals surface area contributed by atoms with E-state index >= 15 is 0 Å². The second kappa shape index (κ2) is 7.80. The molecule has 0 saturated heterocycles. The first-order valence-electron chi connectivity index (χ1n) is 8.63. The summed E-state index contributed by atoms with van der Waals surface area (Å²) >= 11 is 5.82. The SMILES string of the molecule is CC(C)N1C(=O)[C@@H](NC(=O)C(=O)NCc2ccc(Cl)cc2)c2ccccc21. The minimum Gasteiger partial charge on any atom is -0.344 e. The van der Waals surface area contributed by atoms with Crippen LogP contribution in [0.4, 0.5) is 5.69 Å². The molecule has 2 aromatic carbocycles. The molecule has 1 aliphatic rings. The summed E-state index contributed by atoms with van der Waals surface area (Å²) in [6.07, 6.45) is 0. The Kier molecular flexibility index (Phi) is 5.46. The number of amides is 3. The number of para-hydroxylation sites is 1. The summed E-state index contributed by atoms with van der Waals surface area (Å²) in [4.78, 5) is 38.8. The molecular weight excluding hydrogens is 366 g/mol. The van der Waals surface area contributed by atoms with Gasteiger partial charge in [-0.1, -0.05) is 41.9 Å².